The second kappa shape index (κ2) is 9.65. The predicted octanol–water partition coefficient (Wildman–Crippen LogP) is 2.95. The average molecular weight is 426 g/mol. The van der Waals surface area contributed by atoms with Gasteiger partial charge < -0.3 is 10.6 Å². The first-order valence-electron chi connectivity index (χ1n) is 10.1. The van der Waals surface area contributed by atoms with E-state index in [0.717, 1.165) is 16.8 Å². The largest absolute Gasteiger partial charge is 0.340 e. The number of amides is 2. The Balaban J connectivity index is 1.53. The van der Waals surface area contributed by atoms with Crippen molar-refractivity contribution in [1.82, 2.24) is 25.5 Å². The number of hydrogen-bond donors (Lipinski definition) is 2. The molecule has 4 aromatic rings. The summed E-state index contributed by atoms with van der Waals surface area (Å²) in [6, 6.07) is 23.1. The van der Waals surface area contributed by atoms with Gasteiger partial charge in [-0.2, -0.15) is 0 Å². The van der Waals surface area contributed by atoms with E-state index in [1.54, 1.807) is 35.0 Å². The minimum absolute atomic E-state index is 0.298. The van der Waals surface area contributed by atoms with Crippen LogP contribution in [0.5, 0.6) is 0 Å². The van der Waals surface area contributed by atoms with Gasteiger partial charge in [0.25, 0.3) is 5.91 Å². The Morgan fingerprint density at radius 1 is 0.969 bits per heavy atom. The molecule has 8 heteroatoms. The first kappa shape index (κ1) is 20.9. The summed E-state index contributed by atoms with van der Waals surface area (Å²) in [5.41, 5.74) is 3.77. The van der Waals surface area contributed by atoms with E-state index >= 15 is 0 Å². The molecular weight excluding hydrogens is 404 g/mol. The molecule has 0 spiro atoms. The maximum Gasteiger partial charge on any atom is 0.251 e. The van der Waals surface area contributed by atoms with Gasteiger partial charge in [-0.3, -0.25) is 9.59 Å². The SMILES string of the molecule is Cc1cc(NC(=O)C(Cc2ccccc2)NC(=O)c2ccccc2)ccc1-n1cnnn1. The molecule has 0 aliphatic heterocycles. The number of rotatable bonds is 7. The molecule has 0 fully saturated rings. The molecule has 1 unspecified atom stereocenters. The van der Waals surface area contributed by atoms with E-state index in [-0.39, 0.29) is 11.8 Å². The van der Waals surface area contributed by atoms with Gasteiger partial charge in [0.2, 0.25) is 5.91 Å². The van der Waals surface area contributed by atoms with Crippen molar-refractivity contribution in [2.24, 2.45) is 0 Å². The van der Waals surface area contributed by atoms with Crippen molar-refractivity contribution in [2.75, 3.05) is 5.32 Å². The number of anilines is 1. The summed E-state index contributed by atoms with van der Waals surface area (Å²) in [7, 11) is 0. The summed E-state index contributed by atoms with van der Waals surface area (Å²) in [4.78, 5) is 25.9. The molecule has 8 nitrogen and oxygen atoms in total. The molecule has 1 aromatic heterocycles. The molecule has 4 rings (SSSR count). The van der Waals surface area contributed by atoms with E-state index in [2.05, 4.69) is 26.2 Å². The first-order valence-corrected chi connectivity index (χ1v) is 10.1. The molecule has 0 aliphatic carbocycles. The molecule has 0 aliphatic rings. The third-order valence-corrected chi connectivity index (χ3v) is 5.00. The van der Waals surface area contributed by atoms with Crippen LogP contribution >= 0.6 is 0 Å². The Labute approximate surface area is 185 Å². The molecular formula is C24H22N6O2. The highest BCUT2D eigenvalue weighted by Crippen LogP contribution is 2.18. The van der Waals surface area contributed by atoms with Crippen LogP contribution in [0.15, 0.2) is 85.2 Å². The summed E-state index contributed by atoms with van der Waals surface area (Å²) < 4.78 is 1.55. The second-order valence-electron chi connectivity index (χ2n) is 7.33. The lowest BCUT2D eigenvalue weighted by Gasteiger charge is -2.19. The smallest absolute Gasteiger partial charge is 0.251 e. The number of benzene rings is 3. The van der Waals surface area contributed by atoms with E-state index in [0.29, 0.717) is 17.7 Å². The number of carbonyl (C=O) groups is 2. The second-order valence-corrected chi connectivity index (χ2v) is 7.33. The highest BCUT2D eigenvalue weighted by atomic mass is 16.2. The fraction of sp³-hybridized carbons (Fsp3) is 0.125. The van der Waals surface area contributed by atoms with E-state index in [1.165, 1.54) is 6.33 Å². The van der Waals surface area contributed by atoms with Crippen LogP contribution in [0.2, 0.25) is 0 Å². The Bertz CT molecular complexity index is 1190. The van der Waals surface area contributed by atoms with Crippen LogP contribution in [-0.2, 0) is 11.2 Å². The van der Waals surface area contributed by atoms with Gasteiger partial charge in [-0.05, 0) is 58.8 Å². The highest BCUT2D eigenvalue weighted by molar-refractivity contribution is 6.01. The zero-order valence-corrected chi connectivity index (χ0v) is 17.5. The molecule has 0 saturated heterocycles. The topological polar surface area (TPSA) is 102 Å². The van der Waals surface area contributed by atoms with Crippen LogP contribution in [-0.4, -0.2) is 38.1 Å². The van der Waals surface area contributed by atoms with Crippen molar-refractivity contribution in [1.29, 1.82) is 0 Å². The van der Waals surface area contributed by atoms with Crippen molar-refractivity contribution in [3.05, 3.63) is 102 Å². The Hall–Kier alpha value is -4.33. The maximum atomic E-state index is 13.1. The fourth-order valence-electron chi connectivity index (χ4n) is 3.38. The molecule has 3 aromatic carbocycles. The molecule has 0 radical (unpaired) electrons. The van der Waals surface area contributed by atoms with Crippen LogP contribution in [0.25, 0.3) is 5.69 Å². The molecule has 1 heterocycles. The van der Waals surface area contributed by atoms with Gasteiger partial charge in [-0.25, -0.2) is 4.68 Å². The zero-order chi connectivity index (χ0) is 22.3. The lowest BCUT2D eigenvalue weighted by Crippen LogP contribution is -2.45. The van der Waals surface area contributed by atoms with Gasteiger partial charge in [0, 0.05) is 17.7 Å². The summed E-state index contributed by atoms with van der Waals surface area (Å²) in [6.45, 7) is 1.91. The molecule has 2 N–H and O–H groups in total. The number of nitrogens with one attached hydrogen (secondary N) is 2. The molecule has 1 atom stereocenters. The van der Waals surface area contributed by atoms with E-state index in [9.17, 15) is 9.59 Å². The number of aryl methyl sites for hydroxylation is 1. The van der Waals surface area contributed by atoms with Gasteiger partial charge in [0.15, 0.2) is 0 Å². The van der Waals surface area contributed by atoms with Crippen molar-refractivity contribution in [3.63, 3.8) is 0 Å². The molecule has 0 bridgehead atoms. The summed E-state index contributed by atoms with van der Waals surface area (Å²) in [5.74, 6) is -0.598. The van der Waals surface area contributed by atoms with E-state index in [4.69, 9.17) is 0 Å². The van der Waals surface area contributed by atoms with Gasteiger partial charge in [0.05, 0.1) is 5.69 Å². The van der Waals surface area contributed by atoms with Crippen molar-refractivity contribution in [3.8, 4) is 5.69 Å². The Morgan fingerprint density at radius 2 is 1.69 bits per heavy atom. The lowest BCUT2D eigenvalue weighted by atomic mass is 10.0. The normalized spacial score (nSPS) is 11.5. The maximum absolute atomic E-state index is 13.1. The number of carbonyl (C=O) groups excluding carboxylic acids is 2. The Kier molecular flexibility index (Phi) is 6.31. The number of hydrogen-bond acceptors (Lipinski definition) is 5. The minimum Gasteiger partial charge on any atom is -0.340 e. The summed E-state index contributed by atoms with van der Waals surface area (Å²) in [5, 5.41) is 17.0. The van der Waals surface area contributed by atoms with Gasteiger partial charge in [-0.1, -0.05) is 48.5 Å². The first-order chi connectivity index (χ1) is 15.6. The third kappa shape index (κ3) is 5.04. The van der Waals surface area contributed by atoms with Gasteiger partial charge >= 0.3 is 0 Å². The number of tetrazole rings is 1. The third-order valence-electron chi connectivity index (χ3n) is 5.00. The Morgan fingerprint density at radius 3 is 2.34 bits per heavy atom. The fourth-order valence-corrected chi connectivity index (χ4v) is 3.38. The van der Waals surface area contributed by atoms with Crippen molar-refractivity contribution in [2.45, 2.75) is 19.4 Å². The monoisotopic (exact) mass is 426 g/mol. The standard InChI is InChI=1S/C24H22N6O2/c1-17-14-20(12-13-22(17)30-16-25-28-29-30)26-24(32)21(15-18-8-4-2-5-9-18)27-23(31)19-10-6-3-7-11-19/h2-14,16,21H,15H2,1H3,(H,26,32)(H,27,31). The van der Waals surface area contributed by atoms with Crippen LogP contribution in [0.1, 0.15) is 21.5 Å². The minimum atomic E-state index is -0.746. The molecule has 32 heavy (non-hydrogen) atoms. The van der Waals surface area contributed by atoms with Gasteiger partial charge in [-0.15, -0.1) is 5.10 Å². The van der Waals surface area contributed by atoms with E-state index < -0.39 is 6.04 Å². The molecule has 0 saturated carbocycles. The summed E-state index contributed by atoms with van der Waals surface area (Å²) >= 11 is 0. The van der Waals surface area contributed by atoms with Crippen LogP contribution in [0, 0.1) is 6.92 Å². The van der Waals surface area contributed by atoms with Crippen LogP contribution in [0.4, 0.5) is 5.69 Å². The number of nitrogens with zero attached hydrogens (tertiary/aromatic N) is 4. The van der Waals surface area contributed by atoms with Crippen molar-refractivity contribution >= 4 is 17.5 Å². The van der Waals surface area contributed by atoms with Crippen LogP contribution < -0.4 is 10.6 Å². The summed E-state index contributed by atoms with van der Waals surface area (Å²) in [6.07, 6.45) is 1.88. The predicted molar refractivity (Wildman–Crippen MR) is 120 cm³/mol. The molecule has 2 amide bonds. The highest BCUT2D eigenvalue weighted by Gasteiger charge is 2.22. The van der Waals surface area contributed by atoms with Crippen molar-refractivity contribution < 1.29 is 9.59 Å². The lowest BCUT2D eigenvalue weighted by molar-refractivity contribution is -0.118. The molecule has 160 valence electrons. The average Bonchev–Trinajstić information content (AvgIpc) is 3.34. The zero-order valence-electron chi connectivity index (χ0n) is 17.5. The van der Waals surface area contributed by atoms with E-state index in [1.807, 2.05) is 55.5 Å². The van der Waals surface area contributed by atoms with Gasteiger partial charge in [0.1, 0.15) is 12.4 Å². The van der Waals surface area contributed by atoms with Crippen LogP contribution in [0.3, 0.4) is 0 Å². The number of aromatic nitrogens is 4. The quantitative estimate of drug-likeness (QED) is 0.473.